The number of para-hydroxylation sites is 2. The highest BCUT2D eigenvalue weighted by Crippen LogP contribution is 2.30. The topological polar surface area (TPSA) is 82.3 Å². The molecule has 0 amide bonds. The molecule has 8 heteroatoms. The Morgan fingerprint density at radius 1 is 1.03 bits per heavy atom. The molecule has 1 unspecified atom stereocenters. The zero-order valence-electron chi connectivity index (χ0n) is 18.0. The molecule has 0 radical (unpaired) electrons. The first-order valence-corrected chi connectivity index (χ1v) is 11.0. The van der Waals surface area contributed by atoms with Gasteiger partial charge in [-0.15, -0.1) is 0 Å². The molecule has 0 spiro atoms. The number of carbonyl (C=O) groups excluding carboxylic acids is 1. The van der Waals surface area contributed by atoms with Gasteiger partial charge in [0.1, 0.15) is 5.69 Å². The van der Waals surface area contributed by atoms with Crippen LogP contribution >= 0.6 is 11.6 Å². The van der Waals surface area contributed by atoms with Crippen molar-refractivity contribution in [2.24, 2.45) is 0 Å². The molecule has 1 aliphatic heterocycles. The van der Waals surface area contributed by atoms with Crippen LogP contribution in [0.1, 0.15) is 25.5 Å². The van der Waals surface area contributed by atoms with Crippen LogP contribution in [0.2, 0.25) is 5.02 Å². The maximum atomic E-state index is 12.7. The smallest absolute Gasteiger partial charge is 0.329 e. The van der Waals surface area contributed by atoms with Crippen LogP contribution in [0.5, 0.6) is 0 Å². The number of hydrogen-bond donors (Lipinski definition) is 0. The van der Waals surface area contributed by atoms with E-state index in [2.05, 4.69) is 20.9 Å². The van der Waals surface area contributed by atoms with Crippen LogP contribution in [0, 0.1) is 11.3 Å². The van der Waals surface area contributed by atoms with Gasteiger partial charge in [-0.1, -0.05) is 29.8 Å². The summed E-state index contributed by atoms with van der Waals surface area (Å²) < 4.78 is 5.33. The number of esters is 1. The minimum Gasteiger partial charge on any atom is -0.462 e. The Balaban J connectivity index is 1.66. The lowest BCUT2D eigenvalue weighted by atomic mass is 10.1. The quantitative estimate of drug-likeness (QED) is 0.540. The predicted molar refractivity (Wildman–Crippen MR) is 125 cm³/mol. The van der Waals surface area contributed by atoms with Crippen molar-refractivity contribution >= 4 is 40.1 Å². The van der Waals surface area contributed by atoms with Crippen LogP contribution in [0.4, 0.5) is 11.5 Å². The molecule has 1 atom stereocenters. The summed E-state index contributed by atoms with van der Waals surface area (Å²) in [5.74, 6) is -1.19. The van der Waals surface area contributed by atoms with Crippen LogP contribution in [0.3, 0.4) is 0 Å². The molecule has 7 nitrogen and oxygen atoms in total. The van der Waals surface area contributed by atoms with Gasteiger partial charge in [0.25, 0.3) is 0 Å². The fourth-order valence-corrected chi connectivity index (χ4v) is 3.99. The summed E-state index contributed by atoms with van der Waals surface area (Å²) in [6.07, 6.45) is -0.323. The Morgan fingerprint density at radius 3 is 2.31 bits per heavy atom. The average molecular weight is 450 g/mol. The average Bonchev–Trinajstić information content (AvgIpc) is 2.79. The Bertz CT molecular complexity index is 1170. The number of carbonyl (C=O) groups is 1. The lowest BCUT2D eigenvalue weighted by molar-refractivity contribution is -0.147. The van der Waals surface area contributed by atoms with Crippen molar-refractivity contribution in [1.29, 1.82) is 5.26 Å². The number of nitriles is 1. The number of fused-ring (bicyclic) bond motifs is 1. The molecule has 0 aliphatic carbocycles. The van der Waals surface area contributed by atoms with E-state index < -0.39 is 11.9 Å². The fraction of sp³-hybridized carbons (Fsp3) is 0.333. The minimum absolute atomic E-state index is 0.323. The first-order valence-electron chi connectivity index (χ1n) is 10.6. The Labute approximate surface area is 192 Å². The molecule has 0 saturated carbocycles. The highest BCUT2D eigenvalue weighted by atomic mass is 35.5. The maximum Gasteiger partial charge on any atom is 0.329 e. The molecular formula is C24H24ClN5O2. The second kappa shape index (κ2) is 9.41. The van der Waals surface area contributed by atoms with Gasteiger partial charge in [0.05, 0.1) is 23.2 Å². The number of piperazine rings is 1. The second-order valence-electron chi connectivity index (χ2n) is 7.92. The number of ether oxygens (including phenoxy) is 1. The number of rotatable bonds is 5. The number of aromatic nitrogens is 2. The normalized spacial score (nSPS) is 15.0. The van der Waals surface area contributed by atoms with E-state index in [-0.39, 0.29) is 6.10 Å². The van der Waals surface area contributed by atoms with Crippen molar-refractivity contribution in [2.75, 3.05) is 36.0 Å². The van der Waals surface area contributed by atoms with Crippen LogP contribution in [0.25, 0.3) is 11.0 Å². The van der Waals surface area contributed by atoms with Gasteiger partial charge in [0.15, 0.2) is 11.7 Å². The summed E-state index contributed by atoms with van der Waals surface area (Å²) in [7, 11) is 0. The number of anilines is 2. The molecule has 1 fully saturated rings. The van der Waals surface area contributed by atoms with Gasteiger partial charge in [0, 0.05) is 36.9 Å². The van der Waals surface area contributed by atoms with Gasteiger partial charge in [0.2, 0.25) is 0 Å². The van der Waals surface area contributed by atoms with Gasteiger partial charge in [-0.25, -0.2) is 9.97 Å². The van der Waals surface area contributed by atoms with Crippen molar-refractivity contribution in [3.63, 3.8) is 0 Å². The van der Waals surface area contributed by atoms with E-state index >= 15 is 0 Å². The molecule has 0 N–H and O–H groups in total. The van der Waals surface area contributed by atoms with E-state index in [4.69, 9.17) is 21.3 Å². The monoisotopic (exact) mass is 449 g/mol. The molecule has 2 heterocycles. The van der Waals surface area contributed by atoms with E-state index in [9.17, 15) is 10.1 Å². The Hall–Kier alpha value is -3.37. The van der Waals surface area contributed by atoms with Gasteiger partial charge in [-0.3, -0.25) is 4.79 Å². The molecule has 0 bridgehead atoms. The van der Waals surface area contributed by atoms with Crippen LogP contribution < -0.4 is 9.80 Å². The van der Waals surface area contributed by atoms with Crippen molar-refractivity contribution in [3.8, 4) is 6.07 Å². The second-order valence-corrected chi connectivity index (χ2v) is 8.36. The van der Waals surface area contributed by atoms with E-state index in [1.165, 1.54) is 0 Å². The summed E-state index contributed by atoms with van der Waals surface area (Å²) >= 11 is 6.15. The largest absolute Gasteiger partial charge is 0.462 e. The molecule has 164 valence electrons. The summed E-state index contributed by atoms with van der Waals surface area (Å²) in [6.45, 7) is 6.36. The highest BCUT2D eigenvalue weighted by Gasteiger charge is 2.31. The van der Waals surface area contributed by atoms with Crippen molar-refractivity contribution in [1.82, 2.24) is 9.97 Å². The van der Waals surface area contributed by atoms with Crippen LogP contribution in [-0.4, -0.2) is 48.2 Å². The summed E-state index contributed by atoms with van der Waals surface area (Å²) in [4.78, 5) is 26.5. The molecule has 3 aromatic rings. The minimum atomic E-state index is -1.14. The molecule has 1 aromatic heterocycles. The van der Waals surface area contributed by atoms with E-state index in [1.54, 1.807) is 13.8 Å². The van der Waals surface area contributed by atoms with E-state index in [0.29, 0.717) is 35.1 Å². The third-order valence-corrected chi connectivity index (χ3v) is 5.56. The number of hydrogen-bond acceptors (Lipinski definition) is 7. The molecule has 1 aliphatic rings. The van der Waals surface area contributed by atoms with Crippen molar-refractivity contribution in [3.05, 3.63) is 59.2 Å². The standard InChI is InChI=1S/C24H24ClN5O2/c1-16(2)32-24(31)19(15-26)22-23(28-21-9-4-3-8-20(21)27-22)30-12-10-29(11-13-30)18-7-5-6-17(25)14-18/h3-9,14,16,19H,10-13H2,1-2H3. The fourth-order valence-electron chi connectivity index (χ4n) is 3.81. The summed E-state index contributed by atoms with van der Waals surface area (Å²) in [5, 5.41) is 10.5. The zero-order valence-corrected chi connectivity index (χ0v) is 18.8. The zero-order chi connectivity index (χ0) is 22.7. The Kier molecular flexibility index (Phi) is 6.42. The molecular weight excluding hydrogens is 426 g/mol. The number of nitrogens with zero attached hydrogens (tertiary/aromatic N) is 5. The summed E-state index contributed by atoms with van der Waals surface area (Å²) in [6, 6.07) is 17.3. The van der Waals surface area contributed by atoms with Gasteiger partial charge in [-0.2, -0.15) is 5.26 Å². The molecule has 32 heavy (non-hydrogen) atoms. The van der Waals surface area contributed by atoms with Gasteiger partial charge in [-0.05, 0) is 44.2 Å². The summed E-state index contributed by atoms with van der Waals surface area (Å²) in [5.41, 5.74) is 2.77. The van der Waals surface area contributed by atoms with Crippen molar-refractivity contribution in [2.45, 2.75) is 25.9 Å². The lowest BCUT2D eigenvalue weighted by Crippen LogP contribution is -2.47. The van der Waals surface area contributed by atoms with E-state index in [0.717, 1.165) is 24.3 Å². The molecule has 1 saturated heterocycles. The van der Waals surface area contributed by atoms with Crippen LogP contribution in [-0.2, 0) is 9.53 Å². The van der Waals surface area contributed by atoms with Crippen molar-refractivity contribution < 1.29 is 9.53 Å². The van der Waals surface area contributed by atoms with Gasteiger partial charge >= 0.3 is 5.97 Å². The molecule has 2 aromatic carbocycles. The maximum absolute atomic E-state index is 12.7. The predicted octanol–water partition coefficient (Wildman–Crippen LogP) is 4.17. The van der Waals surface area contributed by atoms with Gasteiger partial charge < -0.3 is 14.5 Å². The molecule has 4 rings (SSSR count). The van der Waals surface area contributed by atoms with E-state index in [1.807, 2.05) is 48.5 Å². The third kappa shape index (κ3) is 4.61. The first-order chi connectivity index (χ1) is 15.5. The lowest BCUT2D eigenvalue weighted by Gasteiger charge is -2.37. The Morgan fingerprint density at radius 2 is 1.69 bits per heavy atom. The first kappa shape index (κ1) is 21.8. The van der Waals surface area contributed by atoms with Crippen LogP contribution in [0.15, 0.2) is 48.5 Å². The highest BCUT2D eigenvalue weighted by molar-refractivity contribution is 6.30. The SMILES string of the molecule is CC(C)OC(=O)C(C#N)c1nc2ccccc2nc1N1CCN(c2cccc(Cl)c2)CC1. The number of halogens is 1. The third-order valence-electron chi connectivity index (χ3n) is 5.32. The number of benzene rings is 2.